The maximum atomic E-state index is 4.48. The third kappa shape index (κ3) is 4.79. The van der Waals surface area contributed by atoms with Crippen LogP contribution in [-0.4, -0.2) is 34.3 Å². The lowest BCUT2D eigenvalue weighted by Crippen LogP contribution is -2.37. The van der Waals surface area contributed by atoms with Crippen molar-refractivity contribution in [3.63, 3.8) is 0 Å². The van der Waals surface area contributed by atoms with Crippen LogP contribution in [0.4, 0.5) is 0 Å². The molecule has 2 aromatic rings. The van der Waals surface area contributed by atoms with Gasteiger partial charge in [-0.25, -0.2) is 4.98 Å². The van der Waals surface area contributed by atoms with Gasteiger partial charge in [0.05, 0.1) is 10.7 Å². The van der Waals surface area contributed by atoms with Gasteiger partial charge in [-0.15, -0.1) is 11.3 Å². The zero-order valence-electron chi connectivity index (χ0n) is 14.6. The summed E-state index contributed by atoms with van der Waals surface area (Å²) in [6.45, 7) is 7.77. The van der Waals surface area contributed by atoms with Crippen LogP contribution in [0.1, 0.15) is 34.1 Å². The largest absolute Gasteiger partial charge is 0.356 e. The predicted octanol–water partition coefficient (Wildman–Crippen LogP) is 2.10. The first-order chi connectivity index (χ1) is 11.0. The first-order valence-electron chi connectivity index (χ1n) is 7.86. The molecule has 0 fully saturated rings. The summed E-state index contributed by atoms with van der Waals surface area (Å²) >= 11 is 1.73. The Balaban J connectivity index is 1.75. The lowest BCUT2D eigenvalue weighted by atomic mass is 10.2. The van der Waals surface area contributed by atoms with Crippen molar-refractivity contribution < 1.29 is 0 Å². The average Bonchev–Trinajstić information content (AvgIpc) is 3.03. The molecule has 0 aliphatic carbocycles. The van der Waals surface area contributed by atoms with Crippen molar-refractivity contribution in [1.29, 1.82) is 0 Å². The van der Waals surface area contributed by atoms with Crippen LogP contribution in [0.2, 0.25) is 0 Å². The van der Waals surface area contributed by atoms with E-state index in [0.717, 1.165) is 43.3 Å². The Morgan fingerprint density at radius 2 is 2.09 bits per heavy atom. The van der Waals surface area contributed by atoms with Gasteiger partial charge in [0.15, 0.2) is 5.96 Å². The first-order valence-corrected chi connectivity index (χ1v) is 8.73. The first kappa shape index (κ1) is 17.5. The molecule has 0 radical (unpaired) electrons. The van der Waals surface area contributed by atoms with Crippen LogP contribution < -0.4 is 10.6 Å². The van der Waals surface area contributed by atoms with E-state index in [4.69, 9.17) is 0 Å². The SMILES string of the molecule is CN=C(NCCCc1nc(C)cs1)NCc1c(C)nn(C)c1C. The average molecular weight is 334 g/mol. The third-order valence-electron chi connectivity index (χ3n) is 3.84. The number of aryl methyl sites for hydroxylation is 4. The zero-order valence-corrected chi connectivity index (χ0v) is 15.4. The van der Waals surface area contributed by atoms with Crippen LogP contribution in [-0.2, 0) is 20.0 Å². The van der Waals surface area contributed by atoms with Gasteiger partial charge in [-0.05, 0) is 27.2 Å². The van der Waals surface area contributed by atoms with Crippen molar-refractivity contribution in [2.45, 2.75) is 40.2 Å². The quantitative estimate of drug-likeness (QED) is 0.482. The number of nitrogens with one attached hydrogen (secondary N) is 2. The Kier molecular flexibility index (Phi) is 6.15. The van der Waals surface area contributed by atoms with Gasteiger partial charge < -0.3 is 10.6 Å². The van der Waals surface area contributed by atoms with E-state index in [1.807, 2.05) is 25.6 Å². The van der Waals surface area contributed by atoms with Gasteiger partial charge in [0, 0.05) is 55.9 Å². The molecule has 126 valence electrons. The molecule has 0 aromatic carbocycles. The van der Waals surface area contributed by atoms with Crippen molar-refractivity contribution in [3.8, 4) is 0 Å². The molecule has 2 aromatic heterocycles. The van der Waals surface area contributed by atoms with Gasteiger partial charge in [-0.3, -0.25) is 9.67 Å². The maximum Gasteiger partial charge on any atom is 0.191 e. The van der Waals surface area contributed by atoms with E-state index >= 15 is 0 Å². The number of aliphatic imine (C=N–C) groups is 1. The summed E-state index contributed by atoms with van der Waals surface area (Å²) in [4.78, 5) is 8.75. The monoisotopic (exact) mass is 334 g/mol. The molecule has 0 saturated carbocycles. The highest BCUT2D eigenvalue weighted by Gasteiger charge is 2.09. The van der Waals surface area contributed by atoms with Crippen molar-refractivity contribution >= 4 is 17.3 Å². The number of hydrogen-bond acceptors (Lipinski definition) is 4. The summed E-state index contributed by atoms with van der Waals surface area (Å²) in [5, 5.41) is 14.4. The van der Waals surface area contributed by atoms with Crippen molar-refractivity contribution in [2.24, 2.45) is 12.0 Å². The van der Waals surface area contributed by atoms with Crippen molar-refractivity contribution in [3.05, 3.63) is 33.0 Å². The molecule has 0 spiro atoms. The molecule has 6 nitrogen and oxygen atoms in total. The van der Waals surface area contributed by atoms with Crippen molar-refractivity contribution in [2.75, 3.05) is 13.6 Å². The smallest absolute Gasteiger partial charge is 0.191 e. The second-order valence-electron chi connectivity index (χ2n) is 5.61. The summed E-state index contributed by atoms with van der Waals surface area (Å²) in [5.41, 5.74) is 4.59. The van der Waals surface area contributed by atoms with E-state index in [1.165, 1.54) is 16.3 Å². The molecule has 0 aliphatic rings. The molecule has 0 unspecified atom stereocenters. The van der Waals surface area contributed by atoms with Gasteiger partial charge >= 0.3 is 0 Å². The summed E-state index contributed by atoms with van der Waals surface area (Å²) in [6, 6.07) is 0. The Morgan fingerprint density at radius 1 is 1.30 bits per heavy atom. The minimum Gasteiger partial charge on any atom is -0.356 e. The Morgan fingerprint density at radius 3 is 2.65 bits per heavy atom. The Labute approximate surface area is 142 Å². The van der Waals surface area contributed by atoms with Crippen LogP contribution >= 0.6 is 11.3 Å². The van der Waals surface area contributed by atoms with Crippen LogP contribution in [0, 0.1) is 20.8 Å². The number of thiazole rings is 1. The summed E-state index contributed by atoms with van der Waals surface area (Å²) in [7, 11) is 3.77. The van der Waals surface area contributed by atoms with E-state index in [-0.39, 0.29) is 0 Å². The third-order valence-corrected chi connectivity index (χ3v) is 4.87. The molecule has 23 heavy (non-hydrogen) atoms. The van der Waals surface area contributed by atoms with Gasteiger partial charge in [-0.2, -0.15) is 5.10 Å². The van der Waals surface area contributed by atoms with Crippen LogP contribution in [0.25, 0.3) is 0 Å². The molecule has 2 N–H and O–H groups in total. The molecule has 0 aliphatic heterocycles. The Hall–Kier alpha value is -1.89. The second-order valence-corrected chi connectivity index (χ2v) is 6.55. The molecular formula is C16H26N6S. The molecule has 7 heteroatoms. The summed E-state index contributed by atoms with van der Waals surface area (Å²) in [5.74, 6) is 0.822. The van der Waals surface area contributed by atoms with Gasteiger partial charge in [0.1, 0.15) is 0 Å². The van der Waals surface area contributed by atoms with Gasteiger partial charge in [0.25, 0.3) is 0 Å². The highest BCUT2D eigenvalue weighted by Crippen LogP contribution is 2.11. The van der Waals surface area contributed by atoms with E-state index in [2.05, 4.69) is 38.0 Å². The minimum absolute atomic E-state index is 0.733. The molecule has 2 heterocycles. The minimum atomic E-state index is 0.733. The van der Waals surface area contributed by atoms with E-state index in [0.29, 0.717) is 0 Å². The molecule has 0 atom stereocenters. The number of rotatable bonds is 6. The second kappa shape index (κ2) is 8.10. The van der Waals surface area contributed by atoms with Gasteiger partial charge in [-0.1, -0.05) is 0 Å². The maximum absolute atomic E-state index is 4.48. The van der Waals surface area contributed by atoms with Crippen molar-refractivity contribution in [1.82, 2.24) is 25.4 Å². The molecule has 0 amide bonds. The standard InChI is InChI=1S/C16H26N6S/c1-11-10-23-15(20-11)7-6-8-18-16(17-4)19-9-14-12(2)21-22(5)13(14)3/h10H,6-9H2,1-5H3,(H2,17,18,19). The Bertz CT molecular complexity index is 670. The number of hydrogen-bond donors (Lipinski definition) is 2. The van der Waals surface area contributed by atoms with Crippen LogP contribution in [0.3, 0.4) is 0 Å². The lowest BCUT2D eigenvalue weighted by Gasteiger charge is -2.12. The van der Waals surface area contributed by atoms with E-state index in [1.54, 1.807) is 18.4 Å². The fourth-order valence-electron chi connectivity index (χ4n) is 2.43. The fourth-order valence-corrected chi connectivity index (χ4v) is 3.25. The summed E-state index contributed by atoms with van der Waals surface area (Å²) < 4.78 is 1.92. The topological polar surface area (TPSA) is 67.1 Å². The van der Waals surface area contributed by atoms with E-state index in [9.17, 15) is 0 Å². The molecule has 2 rings (SSSR count). The van der Waals surface area contributed by atoms with Crippen LogP contribution in [0.5, 0.6) is 0 Å². The molecule has 0 bridgehead atoms. The zero-order chi connectivity index (χ0) is 16.8. The predicted molar refractivity (Wildman–Crippen MR) is 96.1 cm³/mol. The van der Waals surface area contributed by atoms with Gasteiger partial charge in [0.2, 0.25) is 0 Å². The van der Waals surface area contributed by atoms with Crippen LogP contribution in [0.15, 0.2) is 10.4 Å². The normalized spacial score (nSPS) is 11.8. The lowest BCUT2D eigenvalue weighted by molar-refractivity contribution is 0.725. The summed E-state index contributed by atoms with van der Waals surface area (Å²) in [6.07, 6.45) is 2.04. The highest BCUT2D eigenvalue weighted by molar-refractivity contribution is 7.09. The number of aromatic nitrogens is 3. The fraction of sp³-hybridized carbons (Fsp3) is 0.562. The number of guanidine groups is 1. The van der Waals surface area contributed by atoms with E-state index < -0.39 is 0 Å². The number of nitrogens with zero attached hydrogens (tertiary/aromatic N) is 4. The molecular weight excluding hydrogens is 308 g/mol. The molecule has 0 saturated heterocycles. The highest BCUT2D eigenvalue weighted by atomic mass is 32.1.